The van der Waals surface area contributed by atoms with E-state index in [1.165, 1.54) is 12.1 Å². The molecule has 0 unspecified atom stereocenters. The second kappa shape index (κ2) is 10.6. The monoisotopic (exact) mass is 472 g/mol. The number of ether oxygens (including phenoxy) is 1. The average Bonchev–Trinajstić information content (AvgIpc) is 3.31. The number of halogens is 1. The molecule has 4 aromatic rings. The van der Waals surface area contributed by atoms with Crippen molar-refractivity contribution in [2.24, 2.45) is 5.73 Å². The molecular formula is C27H25FN4O3. The Bertz CT molecular complexity index is 1320. The molecule has 3 aromatic carbocycles. The van der Waals surface area contributed by atoms with Crippen LogP contribution >= 0.6 is 0 Å². The summed E-state index contributed by atoms with van der Waals surface area (Å²) in [7, 11) is 1.59. The Hall–Kier alpha value is -4.46. The molecular weight excluding hydrogens is 447 g/mol. The van der Waals surface area contributed by atoms with Crippen molar-refractivity contribution >= 4 is 11.8 Å². The molecule has 0 spiro atoms. The Kier molecular flexibility index (Phi) is 7.21. The molecule has 0 aliphatic carbocycles. The Morgan fingerprint density at radius 2 is 1.77 bits per heavy atom. The second-order valence-electron chi connectivity index (χ2n) is 7.95. The van der Waals surface area contributed by atoms with Crippen molar-refractivity contribution in [1.82, 2.24) is 15.1 Å². The van der Waals surface area contributed by atoms with Gasteiger partial charge in [-0.2, -0.15) is 5.10 Å². The van der Waals surface area contributed by atoms with Crippen molar-refractivity contribution in [3.63, 3.8) is 0 Å². The summed E-state index contributed by atoms with van der Waals surface area (Å²) in [5, 5.41) is 7.36. The molecule has 2 amide bonds. The number of nitrogens with two attached hydrogens (primary N) is 1. The lowest BCUT2D eigenvalue weighted by Gasteiger charge is -2.15. The number of benzene rings is 3. The number of nitrogens with one attached hydrogen (secondary N) is 1. The quantitative estimate of drug-likeness (QED) is 0.385. The van der Waals surface area contributed by atoms with Gasteiger partial charge in [-0.3, -0.25) is 9.59 Å². The number of carbonyl (C=O) groups is 2. The lowest BCUT2D eigenvalue weighted by molar-refractivity contribution is -0.127. The van der Waals surface area contributed by atoms with Crippen LogP contribution in [0.2, 0.25) is 0 Å². The van der Waals surface area contributed by atoms with Crippen LogP contribution < -0.4 is 15.8 Å². The normalized spacial score (nSPS) is 11.6. The molecule has 0 aliphatic heterocycles. The molecule has 1 heterocycles. The van der Waals surface area contributed by atoms with Crippen molar-refractivity contribution in [3.05, 3.63) is 102 Å². The van der Waals surface area contributed by atoms with Crippen molar-refractivity contribution in [1.29, 1.82) is 0 Å². The van der Waals surface area contributed by atoms with Crippen LogP contribution in [0.3, 0.4) is 0 Å². The molecule has 0 radical (unpaired) electrons. The Labute approximate surface area is 202 Å². The number of methoxy groups -OCH3 is 1. The maximum atomic E-state index is 13.9. The predicted molar refractivity (Wildman–Crippen MR) is 130 cm³/mol. The maximum absolute atomic E-state index is 13.9. The summed E-state index contributed by atoms with van der Waals surface area (Å²) in [5.74, 6) is -0.623. The third-order valence-electron chi connectivity index (χ3n) is 5.53. The molecule has 0 saturated carbocycles. The van der Waals surface area contributed by atoms with Crippen LogP contribution in [0.15, 0.2) is 84.9 Å². The van der Waals surface area contributed by atoms with E-state index in [-0.39, 0.29) is 18.1 Å². The summed E-state index contributed by atoms with van der Waals surface area (Å²) in [4.78, 5) is 24.5. The van der Waals surface area contributed by atoms with Crippen LogP contribution in [0.1, 0.15) is 23.7 Å². The van der Waals surface area contributed by atoms with Crippen molar-refractivity contribution in [3.8, 4) is 22.7 Å². The van der Waals surface area contributed by atoms with Crippen LogP contribution in [-0.4, -0.2) is 28.7 Å². The van der Waals surface area contributed by atoms with Gasteiger partial charge >= 0.3 is 0 Å². The lowest BCUT2D eigenvalue weighted by Crippen LogP contribution is -2.37. The highest BCUT2D eigenvalue weighted by atomic mass is 19.1. The predicted octanol–water partition coefficient (Wildman–Crippen LogP) is 3.96. The van der Waals surface area contributed by atoms with Gasteiger partial charge in [0.15, 0.2) is 0 Å². The summed E-state index contributed by atoms with van der Waals surface area (Å²) in [5.41, 5.74) is 8.86. The molecule has 0 saturated heterocycles. The first kappa shape index (κ1) is 23.7. The van der Waals surface area contributed by atoms with E-state index < -0.39 is 11.9 Å². The summed E-state index contributed by atoms with van der Waals surface area (Å²) < 4.78 is 20.9. The van der Waals surface area contributed by atoms with E-state index in [1.807, 2.05) is 36.4 Å². The van der Waals surface area contributed by atoms with E-state index in [0.29, 0.717) is 34.7 Å². The van der Waals surface area contributed by atoms with Crippen molar-refractivity contribution in [2.75, 3.05) is 7.11 Å². The number of aromatic nitrogens is 2. The molecule has 8 heteroatoms. The fraction of sp³-hybridized carbons (Fsp3) is 0.148. The van der Waals surface area contributed by atoms with Gasteiger partial charge in [0.05, 0.1) is 24.2 Å². The number of rotatable bonds is 9. The van der Waals surface area contributed by atoms with Gasteiger partial charge < -0.3 is 15.8 Å². The minimum absolute atomic E-state index is 0.0961. The smallest absolute Gasteiger partial charge is 0.244 e. The van der Waals surface area contributed by atoms with Crippen molar-refractivity contribution in [2.45, 2.75) is 18.9 Å². The molecule has 35 heavy (non-hydrogen) atoms. The van der Waals surface area contributed by atoms with E-state index >= 15 is 0 Å². The SMILES string of the molecule is COc1ccc(-n2nc(CCC(=O)N[C@@H](C(N)=O)c3ccccc3)cc2-c2cccc(F)c2)cc1. The van der Waals surface area contributed by atoms with E-state index in [9.17, 15) is 14.0 Å². The number of hydrogen-bond donors (Lipinski definition) is 2. The fourth-order valence-electron chi connectivity index (χ4n) is 3.76. The molecule has 178 valence electrons. The first-order valence-electron chi connectivity index (χ1n) is 11.1. The summed E-state index contributed by atoms with van der Waals surface area (Å²) in [6.45, 7) is 0. The van der Waals surface area contributed by atoms with Gasteiger partial charge in [0.2, 0.25) is 11.8 Å². The highest BCUT2D eigenvalue weighted by molar-refractivity contribution is 5.87. The molecule has 1 aromatic heterocycles. The minimum atomic E-state index is -0.914. The zero-order valence-electron chi connectivity index (χ0n) is 19.1. The number of nitrogens with zero attached hydrogens (tertiary/aromatic N) is 2. The van der Waals surface area contributed by atoms with Gasteiger partial charge in [-0.1, -0.05) is 42.5 Å². The summed E-state index contributed by atoms with van der Waals surface area (Å²) in [6.07, 6.45) is 0.413. The fourth-order valence-corrected chi connectivity index (χ4v) is 3.76. The molecule has 0 bridgehead atoms. The number of amides is 2. The van der Waals surface area contributed by atoms with E-state index in [0.717, 1.165) is 5.69 Å². The van der Waals surface area contributed by atoms with Crippen LogP contribution in [0, 0.1) is 5.82 Å². The molecule has 1 atom stereocenters. The number of carbonyl (C=O) groups excluding carboxylic acids is 2. The van der Waals surface area contributed by atoms with Crippen LogP contribution in [0.4, 0.5) is 4.39 Å². The lowest BCUT2D eigenvalue weighted by atomic mass is 10.1. The molecule has 0 aliphatic rings. The highest BCUT2D eigenvalue weighted by Crippen LogP contribution is 2.26. The van der Waals surface area contributed by atoms with E-state index in [4.69, 9.17) is 10.5 Å². The van der Waals surface area contributed by atoms with Gasteiger partial charge in [-0.15, -0.1) is 0 Å². The summed E-state index contributed by atoms with van der Waals surface area (Å²) >= 11 is 0. The number of aryl methyl sites for hydroxylation is 1. The molecule has 3 N–H and O–H groups in total. The Morgan fingerprint density at radius 1 is 1.03 bits per heavy atom. The van der Waals surface area contributed by atoms with Gasteiger partial charge in [-0.25, -0.2) is 9.07 Å². The van der Waals surface area contributed by atoms with Crippen molar-refractivity contribution < 1.29 is 18.7 Å². The molecule has 7 nitrogen and oxygen atoms in total. The number of hydrogen-bond acceptors (Lipinski definition) is 4. The van der Waals surface area contributed by atoms with E-state index in [2.05, 4.69) is 10.4 Å². The zero-order valence-corrected chi connectivity index (χ0v) is 19.1. The third-order valence-corrected chi connectivity index (χ3v) is 5.53. The topological polar surface area (TPSA) is 99.2 Å². The third kappa shape index (κ3) is 5.73. The largest absolute Gasteiger partial charge is 0.497 e. The molecule has 0 fully saturated rings. The maximum Gasteiger partial charge on any atom is 0.244 e. The summed E-state index contributed by atoms with van der Waals surface area (Å²) in [6, 6.07) is 23.3. The molecule has 4 rings (SSSR count). The van der Waals surface area contributed by atoms with Gasteiger partial charge in [0.1, 0.15) is 17.6 Å². The number of primary amides is 1. The van der Waals surface area contributed by atoms with E-state index in [1.54, 1.807) is 48.2 Å². The highest BCUT2D eigenvalue weighted by Gasteiger charge is 2.20. The van der Waals surface area contributed by atoms with Gasteiger partial charge in [0.25, 0.3) is 0 Å². The van der Waals surface area contributed by atoms with Gasteiger partial charge in [-0.05, 0) is 48.0 Å². The van der Waals surface area contributed by atoms with Crippen LogP contribution in [-0.2, 0) is 16.0 Å². The first-order valence-corrected chi connectivity index (χ1v) is 11.1. The van der Waals surface area contributed by atoms with Gasteiger partial charge in [0, 0.05) is 18.4 Å². The Morgan fingerprint density at radius 3 is 2.43 bits per heavy atom. The standard InChI is InChI=1S/C27H25FN4O3/c1-35-23-13-11-22(12-14-23)32-24(19-8-5-9-20(28)16-19)17-21(31-32)10-15-25(33)30-26(27(29)34)18-6-3-2-4-7-18/h2-9,11-14,16-17,26H,10,15H2,1H3,(H2,29,34)(H,30,33)/t26-/m1/s1. The average molecular weight is 473 g/mol. The first-order chi connectivity index (χ1) is 16.9. The van der Waals surface area contributed by atoms with Crippen LogP contribution in [0.25, 0.3) is 16.9 Å². The zero-order chi connectivity index (χ0) is 24.8. The minimum Gasteiger partial charge on any atom is -0.497 e. The van der Waals surface area contributed by atoms with Crippen LogP contribution in [0.5, 0.6) is 5.75 Å². The Balaban J connectivity index is 1.55. The second-order valence-corrected chi connectivity index (χ2v) is 7.95.